The van der Waals surface area contributed by atoms with E-state index < -0.39 is 18.0 Å². The Bertz CT molecular complexity index is 470. The molecule has 3 N–H and O–H groups in total. The molecule has 3 fully saturated rings. The van der Waals surface area contributed by atoms with E-state index in [4.69, 9.17) is 0 Å². The number of carboxylic acid groups (broad SMARTS) is 2. The van der Waals surface area contributed by atoms with Gasteiger partial charge in [0.1, 0.15) is 6.04 Å². The lowest BCUT2D eigenvalue weighted by Gasteiger charge is -2.38. The van der Waals surface area contributed by atoms with E-state index in [0.29, 0.717) is 30.8 Å². The number of nitrogens with zero attached hydrogens (tertiary/aromatic N) is 1. The summed E-state index contributed by atoms with van der Waals surface area (Å²) in [6.45, 7) is 2.52. The predicted octanol–water partition coefficient (Wildman–Crippen LogP) is 1.79. The van der Waals surface area contributed by atoms with Gasteiger partial charge in [0.25, 0.3) is 0 Å². The number of rotatable bonds is 3. The number of aliphatic carboxylic acids is 2. The molecule has 0 aromatic heterocycles. The van der Waals surface area contributed by atoms with E-state index in [0.717, 1.165) is 51.6 Å². The summed E-state index contributed by atoms with van der Waals surface area (Å²) in [7, 11) is 0. The average molecular weight is 338 g/mol. The predicted molar refractivity (Wildman–Crippen MR) is 89.8 cm³/mol. The quantitative estimate of drug-likeness (QED) is 0.727. The van der Waals surface area contributed by atoms with E-state index in [9.17, 15) is 19.8 Å². The van der Waals surface area contributed by atoms with E-state index in [-0.39, 0.29) is 5.92 Å². The number of carboxylic acids is 2. The van der Waals surface area contributed by atoms with Crippen molar-refractivity contribution in [3.63, 3.8) is 0 Å². The fourth-order valence-electron chi connectivity index (χ4n) is 4.99. The summed E-state index contributed by atoms with van der Waals surface area (Å²) < 4.78 is 0. The molecule has 2 saturated heterocycles. The van der Waals surface area contributed by atoms with E-state index >= 15 is 0 Å². The van der Waals surface area contributed by atoms with Crippen LogP contribution in [0.25, 0.3) is 0 Å². The molecule has 0 amide bonds. The summed E-state index contributed by atoms with van der Waals surface area (Å²) in [4.78, 5) is 25.0. The van der Waals surface area contributed by atoms with Crippen molar-refractivity contribution in [2.24, 2.45) is 17.8 Å². The van der Waals surface area contributed by atoms with Crippen LogP contribution in [0.1, 0.15) is 51.4 Å². The zero-order chi connectivity index (χ0) is 17.1. The number of hydrogen-bond acceptors (Lipinski definition) is 4. The van der Waals surface area contributed by atoms with Crippen LogP contribution in [0.2, 0.25) is 0 Å². The third-order valence-corrected chi connectivity index (χ3v) is 6.42. The highest BCUT2D eigenvalue weighted by Gasteiger charge is 2.36. The molecule has 3 rings (SSSR count). The van der Waals surface area contributed by atoms with Gasteiger partial charge >= 0.3 is 11.9 Å². The second-order valence-electron chi connectivity index (χ2n) is 7.89. The van der Waals surface area contributed by atoms with E-state index in [1.54, 1.807) is 0 Å². The highest BCUT2D eigenvalue weighted by molar-refractivity contribution is 5.73. The molecule has 0 aromatic rings. The Morgan fingerprint density at radius 3 is 2.50 bits per heavy atom. The monoisotopic (exact) mass is 338 g/mol. The molecular weight excluding hydrogens is 308 g/mol. The number of piperidine rings is 1. The van der Waals surface area contributed by atoms with Gasteiger partial charge in [-0.15, -0.1) is 0 Å². The SMILES string of the molecule is O=C(O)C1CCCN(C2CCCC3CN[C@H](C(=O)O)CCC3C2)C1. The smallest absolute Gasteiger partial charge is 0.320 e. The van der Waals surface area contributed by atoms with Gasteiger partial charge in [0.05, 0.1) is 5.92 Å². The molecule has 6 nitrogen and oxygen atoms in total. The molecule has 0 radical (unpaired) electrons. The fraction of sp³-hybridized carbons (Fsp3) is 0.889. The van der Waals surface area contributed by atoms with Crippen molar-refractivity contribution in [3.05, 3.63) is 0 Å². The minimum Gasteiger partial charge on any atom is -0.481 e. The highest BCUT2D eigenvalue weighted by atomic mass is 16.4. The molecule has 136 valence electrons. The van der Waals surface area contributed by atoms with Crippen molar-refractivity contribution in [2.75, 3.05) is 19.6 Å². The third kappa shape index (κ3) is 4.09. The van der Waals surface area contributed by atoms with Gasteiger partial charge in [0, 0.05) is 12.6 Å². The second-order valence-corrected chi connectivity index (χ2v) is 7.89. The number of nitrogens with one attached hydrogen (secondary N) is 1. The highest BCUT2D eigenvalue weighted by Crippen LogP contribution is 2.36. The van der Waals surface area contributed by atoms with E-state index in [1.165, 1.54) is 6.42 Å². The van der Waals surface area contributed by atoms with Crippen LogP contribution >= 0.6 is 0 Å². The first-order valence-electron chi connectivity index (χ1n) is 9.47. The van der Waals surface area contributed by atoms with Crippen LogP contribution in [0.4, 0.5) is 0 Å². The first kappa shape index (κ1) is 17.7. The normalized spacial score (nSPS) is 38.6. The zero-order valence-corrected chi connectivity index (χ0v) is 14.3. The van der Waals surface area contributed by atoms with Gasteiger partial charge in [-0.3, -0.25) is 14.5 Å². The molecule has 2 aliphatic heterocycles. The second kappa shape index (κ2) is 7.83. The number of likely N-dealkylation sites (tertiary alicyclic amines) is 1. The fourth-order valence-corrected chi connectivity index (χ4v) is 4.99. The van der Waals surface area contributed by atoms with Crippen molar-refractivity contribution in [3.8, 4) is 0 Å². The van der Waals surface area contributed by atoms with Gasteiger partial charge in [-0.25, -0.2) is 0 Å². The Morgan fingerprint density at radius 2 is 1.75 bits per heavy atom. The molecular formula is C18H30N2O4. The maximum absolute atomic E-state index is 11.3. The standard InChI is InChI=1S/C18H30N2O4/c21-17(22)14-4-2-8-20(11-14)15-5-1-3-13-10-19-16(18(23)24)7-6-12(13)9-15/h12-16,19H,1-11H2,(H,21,22)(H,23,24)/t12?,13?,14?,15?,16-/m0/s1. The average Bonchev–Trinajstić information content (AvgIpc) is 2.88. The minimum absolute atomic E-state index is 0.218. The van der Waals surface area contributed by atoms with Gasteiger partial charge in [-0.05, 0) is 69.9 Å². The van der Waals surface area contributed by atoms with Crippen LogP contribution in [-0.2, 0) is 9.59 Å². The summed E-state index contributed by atoms with van der Waals surface area (Å²) in [6.07, 6.45) is 8.05. The minimum atomic E-state index is -0.733. The van der Waals surface area contributed by atoms with Crippen molar-refractivity contribution < 1.29 is 19.8 Å². The lowest BCUT2D eigenvalue weighted by molar-refractivity contribution is -0.144. The van der Waals surface area contributed by atoms with Gasteiger partial charge in [-0.2, -0.15) is 0 Å². The van der Waals surface area contributed by atoms with Crippen LogP contribution in [0.5, 0.6) is 0 Å². The molecule has 4 unspecified atom stereocenters. The summed E-state index contributed by atoms with van der Waals surface area (Å²) in [6, 6.07) is 0.0743. The van der Waals surface area contributed by atoms with Crippen LogP contribution in [0, 0.1) is 17.8 Å². The van der Waals surface area contributed by atoms with Gasteiger partial charge < -0.3 is 15.5 Å². The van der Waals surface area contributed by atoms with Crippen molar-refractivity contribution >= 4 is 11.9 Å². The summed E-state index contributed by atoms with van der Waals surface area (Å²) in [5, 5.41) is 21.8. The Balaban J connectivity index is 1.63. The molecule has 0 aromatic carbocycles. The van der Waals surface area contributed by atoms with Crippen molar-refractivity contribution in [1.82, 2.24) is 10.2 Å². The molecule has 0 bridgehead atoms. The van der Waals surface area contributed by atoms with Crippen LogP contribution in [-0.4, -0.2) is 58.8 Å². The molecule has 5 atom stereocenters. The van der Waals surface area contributed by atoms with Gasteiger partial charge in [0.2, 0.25) is 0 Å². The van der Waals surface area contributed by atoms with Crippen LogP contribution < -0.4 is 5.32 Å². The molecule has 3 aliphatic rings. The lowest BCUT2D eigenvalue weighted by atomic mass is 9.84. The van der Waals surface area contributed by atoms with E-state index in [2.05, 4.69) is 10.2 Å². The van der Waals surface area contributed by atoms with Gasteiger partial charge in [-0.1, -0.05) is 6.42 Å². The third-order valence-electron chi connectivity index (χ3n) is 6.42. The summed E-state index contributed by atoms with van der Waals surface area (Å²) >= 11 is 0. The molecule has 6 heteroatoms. The number of carbonyl (C=O) groups is 2. The van der Waals surface area contributed by atoms with Gasteiger partial charge in [0.15, 0.2) is 0 Å². The Kier molecular flexibility index (Phi) is 5.76. The Morgan fingerprint density at radius 1 is 0.917 bits per heavy atom. The Hall–Kier alpha value is -1.14. The first-order chi connectivity index (χ1) is 11.5. The summed E-state index contributed by atoms with van der Waals surface area (Å²) in [5.41, 5.74) is 0. The molecule has 0 spiro atoms. The molecule has 1 saturated carbocycles. The van der Waals surface area contributed by atoms with Crippen molar-refractivity contribution in [2.45, 2.75) is 63.5 Å². The molecule has 24 heavy (non-hydrogen) atoms. The summed E-state index contributed by atoms with van der Waals surface area (Å²) in [5.74, 6) is -0.471. The topological polar surface area (TPSA) is 89.9 Å². The number of hydrogen-bond donors (Lipinski definition) is 3. The number of fused-ring (bicyclic) bond motifs is 1. The molecule has 2 heterocycles. The van der Waals surface area contributed by atoms with Crippen LogP contribution in [0.3, 0.4) is 0 Å². The Labute approximate surface area is 143 Å². The van der Waals surface area contributed by atoms with E-state index in [1.807, 2.05) is 0 Å². The van der Waals surface area contributed by atoms with Crippen molar-refractivity contribution in [1.29, 1.82) is 0 Å². The first-order valence-corrected chi connectivity index (χ1v) is 9.47. The largest absolute Gasteiger partial charge is 0.481 e. The maximum Gasteiger partial charge on any atom is 0.320 e. The maximum atomic E-state index is 11.3. The zero-order valence-electron chi connectivity index (χ0n) is 14.3. The van der Waals surface area contributed by atoms with Crippen LogP contribution in [0.15, 0.2) is 0 Å². The lowest BCUT2D eigenvalue weighted by Crippen LogP contribution is -2.45. The molecule has 1 aliphatic carbocycles.